The number of allylic oxidation sites excluding steroid dienone is 1. The van der Waals surface area contributed by atoms with Crippen LogP contribution >= 0.6 is 0 Å². The lowest BCUT2D eigenvalue weighted by Crippen LogP contribution is -2.29. The fourth-order valence-electron chi connectivity index (χ4n) is 2.51. The number of aryl methyl sites for hydroxylation is 1. The summed E-state index contributed by atoms with van der Waals surface area (Å²) in [5, 5.41) is 0. The summed E-state index contributed by atoms with van der Waals surface area (Å²) >= 11 is 0. The van der Waals surface area contributed by atoms with E-state index in [1.54, 1.807) is 18.2 Å². The Morgan fingerprint density at radius 1 is 1.05 bits per heavy atom. The molecule has 2 nitrogen and oxygen atoms in total. The molecule has 0 aliphatic heterocycles. The first kappa shape index (κ1) is 15.9. The minimum atomic E-state index is -0.615. The van der Waals surface area contributed by atoms with Gasteiger partial charge in [-0.05, 0) is 44.0 Å². The highest BCUT2D eigenvalue weighted by Crippen LogP contribution is 2.29. The van der Waals surface area contributed by atoms with Crippen LogP contribution in [-0.2, 0) is 5.41 Å². The molecule has 0 N–H and O–H groups in total. The van der Waals surface area contributed by atoms with Crippen LogP contribution in [0, 0.1) is 6.92 Å². The fraction of sp³-hybridized carbons (Fsp3) is 0.200. The van der Waals surface area contributed by atoms with Gasteiger partial charge < -0.3 is 0 Å². The molecular weight excluding hydrogens is 272 g/mol. The lowest BCUT2D eigenvalue weighted by Gasteiger charge is -2.24. The topological polar surface area (TPSA) is 34.1 Å². The van der Waals surface area contributed by atoms with E-state index in [0.29, 0.717) is 11.1 Å². The molecule has 0 amide bonds. The van der Waals surface area contributed by atoms with Gasteiger partial charge in [-0.2, -0.15) is 0 Å². The fourth-order valence-corrected chi connectivity index (χ4v) is 2.51. The predicted octanol–water partition coefficient (Wildman–Crippen LogP) is 4.52. The van der Waals surface area contributed by atoms with Crippen molar-refractivity contribution in [2.24, 2.45) is 0 Å². The van der Waals surface area contributed by atoms with E-state index < -0.39 is 5.41 Å². The number of ketones is 2. The average Bonchev–Trinajstić information content (AvgIpc) is 2.54. The first-order chi connectivity index (χ1) is 10.4. The molecule has 112 valence electrons. The Kier molecular flexibility index (Phi) is 4.41. The Morgan fingerprint density at radius 2 is 1.68 bits per heavy atom. The summed E-state index contributed by atoms with van der Waals surface area (Å²) < 4.78 is 0. The number of carbonyl (C=O) groups is 2. The second kappa shape index (κ2) is 6.10. The van der Waals surface area contributed by atoms with Gasteiger partial charge in [-0.3, -0.25) is 9.59 Å². The summed E-state index contributed by atoms with van der Waals surface area (Å²) in [4.78, 5) is 24.6. The smallest absolute Gasteiger partial charge is 0.185 e. The number of hydrogen-bond acceptors (Lipinski definition) is 2. The van der Waals surface area contributed by atoms with Crippen LogP contribution < -0.4 is 0 Å². The highest BCUT2D eigenvalue weighted by Gasteiger charge is 2.31. The summed E-state index contributed by atoms with van der Waals surface area (Å²) in [6.07, 6.45) is 1.28. The zero-order valence-corrected chi connectivity index (χ0v) is 13.2. The summed E-state index contributed by atoms with van der Waals surface area (Å²) in [6.45, 7) is 9.19. The quantitative estimate of drug-likeness (QED) is 0.599. The molecule has 0 heterocycles. The molecule has 0 aromatic heterocycles. The normalized spacial score (nSPS) is 11.0. The van der Waals surface area contributed by atoms with E-state index in [-0.39, 0.29) is 11.6 Å². The molecule has 2 aromatic rings. The first-order valence-electron chi connectivity index (χ1n) is 7.25. The molecule has 0 aliphatic rings. The lowest BCUT2D eigenvalue weighted by molar-refractivity contribution is 0.0907. The van der Waals surface area contributed by atoms with Gasteiger partial charge in [0.1, 0.15) is 0 Å². The molecule has 2 rings (SSSR count). The largest absolute Gasteiger partial charge is 0.293 e. The Balaban J connectivity index is 2.41. The lowest BCUT2D eigenvalue weighted by atomic mass is 9.77. The van der Waals surface area contributed by atoms with Gasteiger partial charge in [-0.25, -0.2) is 0 Å². The Hall–Kier alpha value is -2.48. The van der Waals surface area contributed by atoms with E-state index in [9.17, 15) is 9.59 Å². The van der Waals surface area contributed by atoms with Crippen LogP contribution in [0.1, 0.15) is 45.7 Å². The number of carbonyl (C=O) groups excluding carboxylic acids is 2. The minimum Gasteiger partial charge on any atom is -0.293 e. The molecule has 0 atom stereocenters. The average molecular weight is 292 g/mol. The summed E-state index contributed by atoms with van der Waals surface area (Å²) in [5.41, 5.74) is 2.37. The van der Waals surface area contributed by atoms with Crippen LogP contribution in [0.2, 0.25) is 0 Å². The molecule has 0 radical (unpaired) electrons. The molecule has 22 heavy (non-hydrogen) atoms. The molecule has 0 saturated carbocycles. The van der Waals surface area contributed by atoms with Gasteiger partial charge in [0.05, 0.1) is 5.41 Å². The highest BCUT2D eigenvalue weighted by molar-refractivity contribution is 6.07. The first-order valence-corrected chi connectivity index (χ1v) is 7.25. The van der Waals surface area contributed by atoms with Crippen LogP contribution in [0.25, 0.3) is 0 Å². The van der Waals surface area contributed by atoms with Crippen molar-refractivity contribution in [1.29, 1.82) is 0 Å². The third-order valence-corrected chi connectivity index (χ3v) is 4.00. The van der Waals surface area contributed by atoms with Gasteiger partial charge in [0.15, 0.2) is 11.6 Å². The van der Waals surface area contributed by atoms with Gasteiger partial charge >= 0.3 is 0 Å². The molecule has 0 unspecified atom stereocenters. The van der Waals surface area contributed by atoms with Crippen molar-refractivity contribution >= 4 is 11.6 Å². The zero-order chi connectivity index (χ0) is 16.3. The van der Waals surface area contributed by atoms with E-state index in [2.05, 4.69) is 6.58 Å². The maximum Gasteiger partial charge on any atom is 0.185 e. The van der Waals surface area contributed by atoms with E-state index >= 15 is 0 Å². The number of Topliss-reactive ketones (excluding diaryl/α,β-unsaturated/α-hetero) is 1. The number of benzene rings is 2. The maximum atomic E-state index is 12.9. The second-order valence-corrected chi connectivity index (χ2v) is 5.92. The van der Waals surface area contributed by atoms with Crippen LogP contribution in [-0.4, -0.2) is 11.6 Å². The van der Waals surface area contributed by atoms with Gasteiger partial charge in [0.2, 0.25) is 0 Å². The van der Waals surface area contributed by atoms with Crippen molar-refractivity contribution < 1.29 is 9.59 Å². The summed E-state index contributed by atoms with van der Waals surface area (Å²) in [6, 6.07) is 14.9. The third kappa shape index (κ3) is 2.91. The number of rotatable bonds is 5. The molecular formula is C20H20O2. The molecule has 0 bridgehead atoms. The zero-order valence-electron chi connectivity index (χ0n) is 13.2. The van der Waals surface area contributed by atoms with Crippen LogP contribution in [0.3, 0.4) is 0 Å². The van der Waals surface area contributed by atoms with Gasteiger partial charge in [0, 0.05) is 11.1 Å². The van der Waals surface area contributed by atoms with Crippen molar-refractivity contribution in [2.45, 2.75) is 26.2 Å². The minimum absolute atomic E-state index is 0.0498. The van der Waals surface area contributed by atoms with Crippen molar-refractivity contribution in [3.63, 3.8) is 0 Å². The van der Waals surface area contributed by atoms with E-state index in [4.69, 9.17) is 0 Å². The monoisotopic (exact) mass is 292 g/mol. The molecule has 2 heteroatoms. The summed E-state index contributed by atoms with van der Waals surface area (Å²) in [7, 11) is 0. The summed E-state index contributed by atoms with van der Waals surface area (Å²) in [5.74, 6) is -0.0850. The van der Waals surface area contributed by atoms with Gasteiger partial charge in [0.25, 0.3) is 0 Å². The molecule has 0 saturated heterocycles. The van der Waals surface area contributed by atoms with Crippen molar-refractivity contribution in [1.82, 2.24) is 0 Å². The van der Waals surface area contributed by atoms with Crippen molar-refractivity contribution in [3.8, 4) is 0 Å². The Bertz CT molecular complexity index is 725. The standard InChI is InChI=1S/C20H20O2/c1-5-18(21)15-11-12-17(14(2)13-15)19(22)20(3,4)16-9-7-6-8-10-16/h5-13H,1H2,2-4H3. The SMILES string of the molecule is C=CC(=O)c1ccc(C(=O)C(C)(C)c2ccccc2)c(C)c1. The van der Waals surface area contributed by atoms with Crippen molar-refractivity contribution in [3.05, 3.63) is 83.4 Å². The molecule has 0 spiro atoms. The number of hydrogen-bond donors (Lipinski definition) is 0. The Labute approximate surface area is 131 Å². The van der Waals surface area contributed by atoms with Gasteiger partial charge in [-0.15, -0.1) is 0 Å². The molecule has 2 aromatic carbocycles. The molecule has 0 aliphatic carbocycles. The highest BCUT2D eigenvalue weighted by atomic mass is 16.1. The molecule has 0 fully saturated rings. The predicted molar refractivity (Wildman–Crippen MR) is 89.5 cm³/mol. The van der Waals surface area contributed by atoms with Crippen LogP contribution in [0.15, 0.2) is 61.2 Å². The van der Waals surface area contributed by atoms with Crippen LogP contribution in [0.5, 0.6) is 0 Å². The van der Waals surface area contributed by atoms with E-state index in [1.807, 2.05) is 51.1 Å². The second-order valence-electron chi connectivity index (χ2n) is 5.92. The third-order valence-electron chi connectivity index (χ3n) is 4.00. The van der Waals surface area contributed by atoms with Crippen molar-refractivity contribution in [2.75, 3.05) is 0 Å². The van der Waals surface area contributed by atoms with Crippen LogP contribution in [0.4, 0.5) is 0 Å². The Morgan fingerprint density at radius 3 is 2.23 bits per heavy atom. The van der Waals surface area contributed by atoms with E-state index in [1.165, 1.54) is 6.08 Å². The van der Waals surface area contributed by atoms with Gasteiger partial charge in [-0.1, -0.05) is 49.0 Å². The maximum absolute atomic E-state index is 12.9. The van der Waals surface area contributed by atoms with E-state index in [0.717, 1.165) is 11.1 Å².